The Morgan fingerprint density at radius 3 is 2.90 bits per heavy atom. The van der Waals surface area contributed by atoms with E-state index in [4.69, 9.17) is 6.42 Å². The van der Waals surface area contributed by atoms with Crippen molar-refractivity contribution in [1.29, 1.82) is 0 Å². The van der Waals surface area contributed by atoms with Crippen LogP contribution in [-0.4, -0.2) is 23.4 Å². The molecule has 2 heteroatoms. The van der Waals surface area contributed by atoms with E-state index in [9.17, 15) is 4.79 Å². The highest BCUT2D eigenvalue weighted by Gasteiger charge is 2.23. The number of carbonyl (C=O) groups excluding carboxylic acids is 1. The van der Waals surface area contributed by atoms with Gasteiger partial charge in [-0.2, -0.15) is 0 Å². The first-order valence-electron chi connectivity index (χ1n) is 3.49. The molecule has 0 unspecified atom stereocenters. The van der Waals surface area contributed by atoms with Crippen LogP contribution in [0.2, 0.25) is 0 Å². The molecule has 1 amide bonds. The van der Waals surface area contributed by atoms with E-state index in [0.717, 1.165) is 19.4 Å². The molecule has 10 heavy (non-hydrogen) atoms. The van der Waals surface area contributed by atoms with Gasteiger partial charge in [-0.1, -0.05) is 5.92 Å². The summed E-state index contributed by atoms with van der Waals surface area (Å²) in [4.78, 5) is 12.6. The molecule has 0 saturated carbocycles. The number of carbonyl (C=O) groups is 1. The highest BCUT2D eigenvalue weighted by atomic mass is 16.2. The van der Waals surface area contributed by atoms with Crippen LogP contribution in [-0.2, 0) is 4.79 Å². The molecule has 0 radical (unpaired) electrons. The molecule has 1 atom stereocenters. The third-order valence-corrected chi connectivity index (χ3v) is 1.85. The molecule has 0 aromatic carbocycles. The Balaban J connectivity index is 2.61. The summed E-state index contributed by atoms with van der Waals surface area (Å²) >= 11 is 0. The molecule has 1 aliphatic rings. The standard InChI is InChI=1S/C8H11NO/c1-3-8-5-4-6-9(8)7(2)10/h1,8H,4-6H2,2H3/t8-/m1/s1. The number of rotatable bonds is 0. The summed E-state index contributed by atoms with van der Waals surface area (Å²) in [6, 6.07) is 0.0671. The molecule has 0 aromatic heterocycles. The summed E-state index contributed by atoms with van der Waals surface area (Å²) in [6.07, 6.45) is 7.24. The van der Waals surface area contributed by atoms with E-state index >= 15 is 0 Å². The van der Waals surface area contributed by atoms with Crippen molar-refractivity contribution < 1.29 is 4.79 Å². The Bertz CT molecular complexity index is 180. The second kappa shape index (κ2) is 2.74. The molecule has 0 aliphatic carbocycles. The van der Waals surface area contributed by atoms with Crippen LogP contribution < -0.4 is 0 Å². The maximum atomic E-state index is 10.8. The van der Waals surface area contributed by atoms with Gasteiger partial charge in [0.15, 0.2) is 0 Å². The maximum Gasteiger partial charge on any atom is 0.220 e. The second-order valence-corrected chi connectivity index (χ2v) is 2.54. The van der Waals surface area contributed by atoms with Crippen molar-refractivity contribution in [3.63, 3.8) is 0 Å². The molecule has 1 fully saturated rings. The molecule has 0 bridgehead atoms. The van der Waals surface area contributed by atoms with Crippen LogP contribution in [0.1, 0.15) is 19.8 Å². The molecule has 54 valence electrons. The topological polar surface area (TPSA) is 20.3 Å². The Hall–Kier alpha value is -0.970. The van der Waals surface area contributed by atoms with Gasteiger partial charge in [-0.25, -0.2) is 0 Å². The molecule has 1 rings (SSSR count). The van der Waals surface area contributed by atoms with Crippen LogP contribution in [0.3, 0.4) is 0 Å². The van der Waals surface area contributed by atoms with Gasteiger partial charge in [0.1, 0.15) is 0 Å². The van der Waals surface area contributed by atoms with E-state index in [0.29, 0.717) is 0 Å². The first-order chi connectivity index (χ1) is 4.75. The van der Waals surface area contributed by atoms with E-state index in [-0.39, 0.29) is 11.9 Å². The zero-order chi connectivity index (χ0) is 7.56. The molecular weight excluding hydrogens is 126 g/mol. The Morgan fingerprint density at radius 2 is 2.50 bits per heavy atom. The lowest BCUT2D eigenvalue weighted by Gasteiger charge is -2.17. The van der Waals surface area contributed by atoms with Crippen molar-refractivity contribution in [1.82, 2.24) is 4.90 Å². The smallest absolute Gasteiger partial charge is 0.220 e. The number of likely N-dealkylation sites (tertiary alicyclic amines) is 1. The van der Waals surface area contributed by atoms with Crippen LogP contribution in [0.15, 0.2) is 0 Å². The quantitative estimate of drug-likeness (QED) is 0.448. The van der Waals surface area contributed by atoms with E-state index in [1.54, 1.807) is 11.8 Å². The van der Waals surface area contributed by atoms with Crippen LogP contribution in [0.4, 0.5) is 0 Å². The van der Waals surface area contributed by atoms with Crippen LogP contribution >= 0.6 is 0 Å². The molecule has 1 aliphatic heterocycles. The minimum Gasteiger partial charge on any atom is -0.329 e. The van der Waals surface area contributed by atoms with Gasteiger partial charge in [0.2, 0.25) is 5.91 Å². The van der Waals surface area contributed by atoms with Crippen LogP contribution in [0, 0.1) is 12.3 Å². The minimum atomic E-state index is 0.0671. The maximum absolute atomic E-state index is 10.8. The van der Waals surface area contributed by atoms with Gasteiger partial charge in [-0.3, -0.25) is 4.79 Å². The summed E-state index contributed by atoms with van der Waals surface area (Å²) in [5.74, 6) is 2.70. The van der Waals surface area contributed by atoms with Crippen molar-refractivity contribution in [3.8, 4) is 12.3 Å². The van der Waals surface area contributed by atoms with Crippen molar-refractivity contribution in [2.75, 3.05) is 6.54 Å². The van der Waals surface area contributed by atoms with E-state index in [2.05, 4.69) is 5.92 Å². The number of terminal acetylenes is 1. The van der Waals surface area contributed by atoms with E-state index < -0.39 is 0 Å². The summed E-state index contributed by atoms with van der Waals surface area (Å²) < 4.78 is 0. The zero-order valence-corrected chi connectivity index (χ0v) is 6.13. The number of nitrogens with zero attached hydrogens (tertiary/aromatic N) is 1. The number of amides is 1. The minimum absolute atomic E-state index is 0.0671. The van der Waals surface area contributed by atoms with Crippen LogP contribution in [0.25, 0.3) is 0 Å². The number of hydrogen-bond acceptors (Lipinski definition) is 1. The highest BCUT2D eigenvalue weighted by Crippen LogP contribution is 2.15. The predicted molar refractivity (Wildman–Crippen MR) is 39.2 cm³/mol. The second-order valence-electron chi connectivity index (χ2n) is 2.54. The molecule has 0 aromatic rings. The van der Waals surface area contributed by atoms with Crippen LogP contribution in [0.5, 0.6) is 0 Å². The molecule has 0 N–H and O–H groups in total. The van der Waals surface area contributed by atoms with E-state index in [1.807, 2.05) is 0 Å². The Morgan fingerprint density at radius 1 is 1.80 bits per heavy atom. The Kier molecular flexibility index (Phi) is 1.96. The molecule has 1 heterocycles. The SMILES string of the molecule is C#C[C@@H]1CCCN1C(C)=O. The van der Waals surface area contributed by atoms with Gasteiger partial charge in [-0.05, 0) is 12.8 Å². The van der Waals surface area contributed by atoms with Gasteiger partial charge >= 0.3 is 0 Å². The van der Waals surface area contributed by atoms with Gasteiger partial charge in [0, 0.05) is 13.5 Å². The van der Waals surface area contributed by atoms with Gasteiger partial charge in [0.05, 0.1) is 6.04 Å². The first kappa shape index (κ1) is 7.14. The lowest BCUT2D eigenvalue weighted by atomic mass is 10.2. The highest BCUT2D eigenvalue weighted by molar-refractivity contribution is 5.74. The summed E-state index contributed by atoms with van der Waals surface area (Å²) in [6.45, 7) is 2.40. The average molecular weight is 137 g/mol. The third-order valence-electron chi connectivity index (χ3n) is 1.85. The van der Waals surface area contributed by atoms with Gasteiger partial charge in [-0.15, -0.1) is 6.42 Å². The van der Waals surface area contributed by atoms with E-state index in [1.165, 1.54) is 0 Å². The first-order valence-corrected chi connectivity index (χ1v) is 3.49. The molecule has 0 spiro atoms. The van der Waals surface area contributed by atoms with Gasteiger partial charge in [0.25, 0.3) is 0 Å². The summed E-state index contributed by atoms with van der Waals surface area (Å²) in [7, 11) is 0. The fourth-order valence-corrected chi connectivity index (χ4v) is 1.32. The fourth-order valence-electron chi connectivity index (χ4n) is 1.32. The third kappa shape index (κ3) is 1.13. The van der Waals surface area contributed by atoms with Crippen molar-refractivity contribution >= 4 is 5.91 Å². The molecular formula is C8H11NO. The lowest BCUT2D eigenvalue weighted by Crippen LogP contribution is -2.32. The normalized spacial score (nSPS) is 24.4. The molecule has 2 nitrogen and oxygen atoms in total. The average Bonchev–Trinajstić information content (AvgIpc) is 2.33. The monoisotopic (exact) mass is 137 g/mol. The van der Waals surface area contributed by atoms with Crippen molar-refractivity contribution in [2.24, 2.45) is 0 Å². The summed E-state index contributed by atoms with van der Waals surface area (Å²) in [5, 5.41) is 0. The summed E-state index contributed by atoms with van der Waals surface area (Å²) in [5.41, 5.74) is 0. The van der Waals surface area contributed by atoms with Crippen molar-refractivity contribution in [3.05, 3.63) is 0 Å². The predicted octanol–water partition coefficient (Wildman–Crippen LogP) is 0.631. The van der Waals surface area contributed by atoms with Gasteiger partial charge < -0.3 is 4.90 Å². The molecule has 1 saturated heterocycles. The Labute approximate surface area is 61.2 Å². The zero-order valence-electron chi connectivity index (χ0n) is 6.13. The van der Waals surface area contributed by atoms with Crippen molar-refractivity contribution in [2.45, 2.75) is 25.8 Å². The largest absolute Gasteiger partial charge is 0.329 e. The lowest BCUT2D eigenvalue weighted by molar-refractivity contribution is -0.128. The fraction of sp³-hybridized carbons (Fsp3) is 0.625. The number of hydrogen-bond donors (Lipinski definition) is 0.